The highest BCUT2D eigenvalue weighted by Crippen LogP contribution is 2.57. The molecule has 0 aromatic carbocycles. The molecule has 1 aromatic rings. The highest BCUT2D eigenvalue weighted by Gasteiger charge is 2.53. The molecule has 0 spiro atoms. The van der Waals surface area contributed by atoms with Crippen molar-refractivity contribution in [3.8, 4) is 0 Å². The SMILES string of the molecule is Cc1ncc(CN2CCN(C34CC5CC(CC(C5)C3)C4)CC2)[nH]1. The Morgan fingerprint density at radius 1 is 1.04 bits per heavy atom. The number of rotatable bonds is 3. The lowest BCUT2D eigenvalue weighted by Crippen LogP contribution is -2.63. The summed E-state index contributed by atoms with van der Waals surface area (Å²) in [6, 6.07) is 0. The molecular weight excluding hydrogens is 284 g/mol. The predicted octanol–water partition coefficient (Wildman–Crippen LogP) is 2.80. The molecule has 126 valence electrons. The lowest BCUT2D eigenvalue weighted by molar-refractivity contribution is -0.102. The summed E-state index contributed by atoms with van der Waals surface area (Å²) in [6.45, 7) is 8.07. The maximum absolute atomic E-state index is 4.33. The van der Waals surface area contributed by atoms with Crippen LogP contribution in [0.3, 0.4) is 0 Å². The molecule has 1 saturated heterocycles. The van der Waals surface area contributed by atoms with E-state index < -0.39 is 0 Å². The summed E-state index contributed by atoms with van der Waals surface area (Å²) >= 11 is 0. The van der Waals surface area contributed by atoms with Gasteiger partial charge in [0.15, 0.2) is 0 Å². The third-order valence-electron chi connectivity index (χ3n) is 7.20. The summed E-state index contributed by atoms with van der Waals surface area (Å²) in [5.41, 5.74) is 1.87. The number of aromatic amines is 1. The standard InChI is InChI=1S/C19H30N4/c1-14-20-12-18(21-14)13-22-2-4-23(5-3-22)19-9-15-6-16(10-19)8-17(7-15)11-19/h12,15-17H,2-11,13H2,1H3,(H,20,21). The summed E-state index contributed by atoms with van der Waals surface area (Å²) < 4.78 is 0. The monoisotopic (exact) mass is 314 g/mol. The minimum atomic E-state index is 0.603. The van der Waals surface area contributed by atoms with Gasteiger partial charge in [-0.2, -0.15) is 0 Å². The quantitative estimate of drug-likeness (QED) is 0.932. The first-order chi connectivity index (χ1) is 11.2. The topological polar surface area (TPSA) is 35.2 Å². The molecule has 4 nitrogen and oxygen atoms in total. The van der Waals surface area contributed by atoms with E-state index in [2.05, 4.69) is 19.8 Å². The second-order valence-electron chi connectivity index (χ2n) is 8.90. The van der Waals surface area contributed by atoms with Crippen molar-refractivity contribution in [3.63, 3.8) is 0 Å². The number of aryl methyl sites for hydroxylation is 1. The van der Waals surface area contributed by atoms with Gasteiger partial charge in [0, 0.05) is 50.2 Å². The molecule has 1 aliphatic heterocycles. The van der Waals surface area contributed by atoms with Gasteiger partial charge in [-0.3, -0.25) is 9.80 Å². The smallest absolute Gasteiger partial charge is 0.103 e. The number of nitrogens with zero attached hydrogens (tertiary/aromatic N) is 3. The first-order valence-electron chi connectivity index (χ1n) is 9.66. The first-order valence-corrected chi connectivity index (χ1v) is 9.66. The summed E-state index contributed by atoms with van der Waals surface area (Å²) in [5, 5.41) is 0. The molecule has 4 aliphatic carbocycles. The van der Waals surface area contributed by atoms with Crippen molar-refractivity contribution in [1.29, 1.82) is 0 Å². The van der Waals surface area contributed by atoms with Crippen LogP contribution in [0.2, 0.25) is 0 Å². The third-order valence-corrected chi connectivity index (χ3v) is 7.20. The number of H-pyrrole nitrogens is 1. The van der Waals surface area contributed by atoms with Gasteiger partial charge in [0.2, 0.25) is 0 Å². The fourth-order valence-corrected chi connectivity index (χ4v) is 6.63. The minimum Gasteiger partial charge on any atom is -0.345 e. The van der Waals surface area contributed by atoms with E-state index in [9.17, 15) is 0 Å². The summed E-state index contributed by atoms with van der Waals surface area (Å²) in [5.74, 6) is 4.22. The Labute approximate surface area is 139 Å². The van der Waals surface area contributed by atoms with E-state index in [1.807, 2.05) is 13.1 Å². The number of piperazine rings is 1. The molecule has 1 aromatic heterocycles. The zero-order chi connectivity index (χ0) is 15.4. The Morgan fingerprint density at radius 2 is 1.65 bits per heavy atom. The summed E-state index contributed by atoms with van der Waals surface area (Å²) in [6.07, 6.45) is 11.2. The highest BCUT2D eigenvalue weighted by atomic mass is 15.3. The molecule has 5 aliphatic rings. The van der Waals surface area contributed by atoms with Crippen molar-refractivity contribution in [1.82, 2.24) is 19.8 Å². The maximum atomic E-state index is 4.33. The van der Waals surface area contributed by atoms with Gasteiger partial charge in [-0.1, -0.05) is 0 Å². The number of nitrogens with one attached hydrogen (secondary N) is 1. The third kappa shape index (κ3) is 2.54. The Kier molecular flexibility index (Phi) is 3.35. The molecule has 23 heavy (non-hydrogen) atoms. The number of hydrogen-bond donors (Lipinski definition) is 1. The van der Waals surface area contributed by atoms with Crippen LogP contribution in [-0.2, 0) is 6.54 Å². The van der Waals surface area contributed by atoms with Crippen molar-refractivity contribution in [3.05, 3.63) is 17.7 Å². The van der Waals surface area contributed by atoms with Crippen LogP contribution in [0.1, 0.15) is 50.0 Å². The van der Waals surface area contributed by atoms with E-state index in [0.717, 1.165) is 30.1 Å². The van der Waals surface area contributed by atoms with Gasteiger partial charge in [0.05, 0.1) is 0 Å². The van der Waals surface area contributed by atoms with Crippen molar-refractivity contribution in [2.75, 3.05) is 26.2 Å². The molecular formula is C19H30N4. The number of hydrogen-bond acceptors (Lipinski definition) is 3. The Bertz CT molecular complexity index is 534. The Balaban J connectivity index is 1.23. The molecule has 1 N–H and O–H groups in total. The van der Waals surface area contributed by atoms with Crippen LogP contribution in [-0.4, -0.2) is 51.5 Å². The van der Waals surface area contributed by atoms with E-state index in [0.29, 0.717) is 5.54 Å². The van der Waals surface area contributed by atoms with Gasteiger partial charge < -0.3 is 4.98 Å². The lowest BCUT2D eigenvalue weighted by Gasteiger charge is -2.61. The van der Waals surface area contributed by atoms with Crippen LogP contribution in [0.5, 0.6) is 0 Å². The molecule has 6 rings (SSSR count). The Morgan fingerprint density at radius 3 is 2.17 bits per heavy atom. The lowest BCUT2D eigenvalue weighted by atomic mass is 9.52. The largest absolute Gasteiger partial charge is 0.345 e. The van der Waals surface area contributed by atoms with Crippen LogP contribution < -0.4 is 0 Å². The van der Waals surface area contributed by atoms with Gasteiger partial charge >= 0.3 is 0 Å². The number of imidazole rings is 1. The van der Waals surface area contributed by atoms with Gasteiger partial charge in [-0.05, 0) is 63.2 Å². The fourth-order valence-electron chi connectivity index (χ4n) is 6.63. The van der Waals surface area contributed by atoms with Crippen LogP contribution in [0.15, 0.2) is 6.20 Å². The first kappa shape index (κ1) is 14.5. The molecule has 0 amide bonds. The summed E-state index contributed by atoms with van der Waals surface area (Å²) in [4.78, 5) is 13.2. The average Bonchev–Trinajstić information content (AvgIpc) is 2.92. The molecule has 5 fully saturated rings. The van der Waals surface area contributed by atoms with Gasteiger partial charge in [-0.15, -0.1) is 0 Å². The van der Waals surface area contributed by atoms with E-state index in [4.69, 9.17) is 0 Å². The van der Waals surface area contributed by atoms with Crippen LogP contribution in [0.4, 0.5) is 0 Å². The molecule has 0 atom stereocenters. The predicted molar refractivity (Wildman–Crippen MR) is 91.1 cm³/mol. The van der Waals surface area contributed by atoms with E-state index in [1.165, 1.54) is 51.1 Å². The van der Waals surface area contributed by atoms with E-state index in [1.54, 1.807) is 19.3 Å². The molecule has 2 heterocycles. The second kappa shape index (κ2) is 5.32. The second-order valence-corrected chi connectivity index (χ2v) is 8.90. The molecule has 4 heteroatoms. The van der Waals surface area contributed by atoms with E-state index in [-0.39, 0.29) is 0 Å². The van der Waals surface area contributed by atoms with Gasteiger partial charge in [-0.25, -0.2) is 4.98 Å². The van der Waals surface area contributed by atoms with Crippen LogP contribution in [0.25, 0.3) is 0 Å². The molecule has 4 saturated carbocycles. The van der Waals surface area contributed by atoms with Crippen molar-refractivity contribution in [2.24, 2.45) is 17.8 Å². The van der Waals surface area contributed by atoms with Crippen LogP contribution in [0, 0.1) is 24.7 Å². The maximum Gasteiger partial charge on any atom is 0.103 e. The molecule has 4 bridgehead atoms. The van der Waals surface area contributed by atoms with Gasteiger partial charge in [0.25, 0.3) is 0 Å². The zero-order valence-corrected chi connectivity index (χ0v) is 14.4. The average molecular weight is 314 g/mol. The Hall–Kier alpha value is -0.870. The van der Waals surface area contributed by atoms with Crippen molar-refractivity contribution >= 4 is 0 Å². The summed E-state index contributed by atoms with van der Waals surface area (Å²) in [7, 11) is 0. The van der Waals surface area contributed by atoms with Crippen molar-refractivity contribution in [2.45, 2.75) is 57.5 Å². The molecule has 0 unspecified atom stereocenters. The van der Waals surface area contributed by atoms with E-state index >= 15 is 0 Å². The van der Waals surface area contributed by atoms with Crippen LogP contribution >= 0.6 is 0 Å². The van der Waals surface area contributed by atoms with Gasteiger partial charge in [0.1, 0.15) is 5.82 Å². The van der Waals surface area contributed by atoms with Crippen molar-refractivity contribution < 1.29 is 0 Å². The fraction of sp³-hybridized carbons (Fsp3) is 0.842. The molecule has 0 radical (unpaired) electrons. The normalized spacial score (nSPS) is 40.8. The number of aromatic nitrogens is 2. The zero-order valence-electron chi connectivity index (χ0n) is 14.4. The highest BCUT2D eigenvalue weighted by molar-refractivity contribution is 5.08. The minimum absolute atomic E-state index is 0.603.